The number of oxazole rings is 1. The third kappa shape index (κ3) is 4.53. The summed E-state index contributed by atoms with van der Waals surface area (Å²) in [5.41, 5.74) is 1.11. The molecule has 3 aromatic rings. The Morgan fingerprint density at radius 1 is 1.24 bits per heavy atom. The molecule has 1 amide bonds. The fourth-order valence-electron chi connectivity index (χ4n) is 3.88. The molecule has 6 nitrogen and oxygen atoms in total. The van der Waals surface area contributed by atoms with Gasteiger partial charge in [0.25, 0.3) is 0 Å². The molecule has 1 aliphatic rings. The zero-order valence-electron chi connectivity index (χ0n) is 16.6. The van der Waals surface area contributed by atoms with Gasteiger partial charge in [0.1, 0.15) is 24.2 Å². The third-order valence-corrected chi connectivity index (χ3v) is 5.65. The Kier molecular flexibility index (Phi) is 6.00. The number of hydrogen-bond donors (Lipinski definition) is 0. The maximum atomic E-state index is 13.0. The number of hydrogen-bond acceptors (Lipinski definition) is 4. The van der Waals surface area contributed by atoms with Crippen LogP contribution >= 0.6 is 11.6 Å². The van der Waals surface area contributed by atoms with E-state index in [-0.39, 0.29) is 11.9 Å². The molecule has 1 atom stereocenters. The number of likely N-dealkylation sites (tertiary alicyclic amines) is 1. The Hall–Kier alpha value is -2.60. The maximum absolute atomic E-state index is 13.0. The van der Waals surface area contributed by atoms with E-state index in [1.54, 1.807) is 12.4 Å². The number of amides is 1. The van der Waals surface area contributed by atoms with Gasteiger partial charge in [-0.25, -0.2) is 9.97 Å². The van der Waals surface area contributed by atoms with Crippen LogP contribution in [0.2, 0.25) is 5.02 Å². The summed E-state index contributed by atoms with van der Waals surface area (Å²) in [5.74, 6) is 2.43. The van der Waals surface area contributed by atoms with Crippen molar-refractivity contribution >= 4 is 17.5 Å². The lowest BCUT2D eigenvalue weighted by Crippen LogP contribution is -2.40. The second-order valence-corrected chi connectivity index (χ2v) is 7.83. The molecule has 0 bridgehead atoms. The molecule has 152 valence electrons. The van der Waals surface area contributed by atoms with Crippen LogP contribution in [0.1, 0.15) is 55.3 Å². The Labute approximate surface area is 175 Å². The number of imidazole rings is 1. The summed E-state index contributed by atoms with van der Waals surface area (Å²) in [7, 11) is 0. The van der Waals surface area contributed by atoms with Gasteiger partial charge in [0, 0.05) is 36.8 Å². The highest BCUT2D eigenvalue weighted by Crippen LogP contribution is 2.31. The number of aromatic nitrogens is 3. The SMILES string of the molecule is CCc1nccn1CC(=O)N1CCCCC1c1ncc(Cc2ccc(Cl)cc2)o1. The normalized spacial score (nSPS) is 16.9. The van der Waals surface area contributed by atoms with Crippen LogP contribution < -0.4 is 0 Å². The smallest absolute Gasteiger partial charge is 0.243 e. The molecule has 2 aromatic heterocycles. The summed E-state index contributed by atoms with van der Waals surface area (Å²) >= 11 is 5.96. The lowest BCUT2D eigenvalue weighted by atomic mass is 10.0. The molecule has 29 heavy (non-hydrogen) atoms. The van der Waals surface area contributed by atoms with E-state index < -0.39 is 0 Å². The molecule has 4 rings (SSSR count). The molecule has 1 aromatic carbocycles. The van der Waals surface area contributed by atoms with E-state index in [4.69, 9.17) is 16.0 Å². The monoisotopic (exact) mass is 412 g/mol. The first kappa shape index (κ1) is 19.7. The first-order valence-corrected chi connectivity index (χ1v) is 10.5. The summed E-state index contributed by atoms with van der Waals surface area (Å²) in [6.45, 7) is 3.08. The van der Waals surface area contributed by atoms with Crippen molar-refractivity contribution in [3.8, 4) is 0 Å². The van der Waals surface area contributed by atoms with Gasteiger partial charge in [0.15, 0.2) is 0 Å². The highest BCUT2D eigenvalue weighted by Gasteiger charge is 2.31. The summed E-state index contributed by atoms with van der Waals surface area (Å²) < 4.78 is 7.99. The molecule has 0 N–H and O–H groups in total. The van der Waals surface area contributed by atoms with Crippen LogP contribution in [0.15, 0.2) is 47.3 Å². The predicted molar refractivity (Wildman–Crippen MR) is 111 cm³/mol. The molecule has 7 heteroatoms. The predicted octanol–water partition coefficient (Wildman–Crippen LogP) is 4.43. The van der Waals surface area contributed by atoms with E-state index in [2.05, 4.69) is 9.97 Å². The van der Waals surface area contributed by atoms with E-state index in [0.717, 1.165) is 49.4 Å². The van der Waals surface area contributed by atoms with Crippen LogP contribution in [-0.2, 0) is 24.2 Å². The highest BCUT2D eigenvalue weighted by molar-refractivity contribution is 6.30. The van der Waals surface area contributed by atoms with E-state index >= 15 is 0 Å². The highest BCUT2D eigenvalue weighted by atomic mass is 35.5. The van der Waals surface area contributed by atoms with Crippen LogP contribution in [0.5, 0.6) is 0 Å². The molecular formula is C22H25ClN4O2. The summed E-state index contributed by atoms with van der Waals surface area (Å²) in [4.78, 5) is 23.8. The van der Waals surface area contributed by atoms with Crippen molar-refractivity contribution in [3.63, 3.8) is 0 Å². The van der Waals surface area contributed by atoms with E-state index in [9.17, 15) is 4.79 Å². The van der Waals surface area contributed by atoms with Gasteiger partial charge in [0.2, 0.25) is 11.8 Å². The van der Waals surface area contributed by atoms with E-state index in [1.165, 1.54) is 0 Å². The van der Waals surface area contributed by atoms with Gasteiger partial charge >= 0.3 is 0 Å². The summed E-state index contributed by atoms with van der Waals surface area (Å²) in [6, 6.07) is 7.60. The average molecular weight is 413 g/mol. The minimum atomic E-state index is -0.108. The molecule has 0 saturated carbocycles. The average Bonchev–Trinajstić information content (AvgIpc) is 3.39. The van der Waals surface area contributed by atoms with Crippen molar-refractivity contribution < 1.29 is 9.21 Å². The van der Waals surface area contributed by atoms with Crippen LogP contribution in [0.3, 0.4) is 0 Å². The Morgan fingerprint density at radius 3 is 2.86 bits per heavy atom. The fourth-order valence-corrected chi connectivity index (χ4v) is 4.01. The number of aryl methyl sites for hydroxylation is 1. The lowest BCUT2D eigenvalue weighted by molar-refractivity contribution is -0.136. The molecule has 1 aliphatic heterocycles. The third-order valence-electron chi connectivity index (χ3n) is 5.39. The molecule has 1 fully saturated rings. The van der Waals surface area contributed by atoms with Gasteiger partial charge < -0.3 is 13.9 Å². The maximum Gasteiger partial charge on any atom is 0.243 e. The topological polar surface area (TPSA) is 64.2 Å². The van der Waals surface area contributed by atoms with Crippen molar-refractivity contribution in [2.24, 2.45) is 0 Å². The molecular weight excluding hydrogens is 388 g/mol. The zero-order valence-corrected chi connectivity index (χ0v) is 17.3. The van der Waals surface area contributed by atoms with Gasteiger partial charge in [-0.15, -0.1) is 0 Å². The van der Waals surface area contributed by atoms with Crippen molar-refractivity contribution in [1.82, 2.24) is 19.4 Å². The number of halogens is 1. The number of nitrogens with zero attached hydrogens (tertiary/aromatic N) is 4. The largest absolute Gasteiger partial charge is 0.443 e. The molecule has 0 radical (unpaired) electrons. The zero-order chi connectivity index (χ0) is 20.2. The van der Waals surface area contributed by atoms with Crippen LogP contribution in [0.25, 0.3) is 0 Å². The quantitative estimate of drug-likeness (QED) is 0.600. The summed E-state index contributed by atoms with van der Waals surface area (Å²) in [5, 5.41) is 0.715. The van der Waals surface area contributed by atoms with Crippen molar-refractivity contribution in [1.29, 1.82) is 0 Å². The first-order valence-electron chi connectivity index (χ1n) is 10.1. The van der Waals surface area contributed by atoms with Gasteiger partial charge in [-0.3, -0.25) is 4.79 Å². The van der Waals surface area contributed by atoms with E-state index in [1.807, 2.05) is 46.9 Å². The lowest BCUT2D eigenvalue weighted by Gasteiger charge is -2.34. The second-order valence-electron chi connectivity index (χ2n) is 7.39. The first-order chi connectivity index (χ1) is 14.1. The number of benzene rings is 1. The van der Waals surface area contributed by atoms with Crippen LogP contribution in [-0.4, -0.2) is 31.9 Å². The van der Waals surface area contributed by atoms with Crippen molar-refractivity contribution in [3.05, 3.63) is 70.9 Å². The Bertz CT molecular complexity index is 963. The molecule has 1 unspecified atom stereocenters. The van der Waals surface area contributed by atoms with Crippen LogP contribution in [0.4, 0.5) is 0 Å². The Morgan fingerprint density at radius 2 is 2.07 bits per heavy atom. The minimum Gasteiger partial charge on any atom is -0.443 e. The number of carbonyl (C=O) groups excluding carboxylic acids is 1. The number of carbonyl (C=O) groups is 1. The standard InChI is InChI=1S/C22H25ClN4O2/c1-2-20-24-10-12-26(20)15-21(28)27-11-4-3-5-19(27)22-25-14-18(29-22)13-16-6-8-17(23)9-7-16/h6-10,12,14,19H,2-5,11,13,15H2,1H3. The van der Waals surface area contributed by atoms with Crippen LogP contribution in [0, 0.1) is 0 Å². The molecule has 3 heterocycles. The van der Waals surface area contributed by atoms with Crippen molar-refractivity contribution in [2.75, 3.05) is 6.54 Å². The second kappa shape index (κ2) is 8.82. The fraction of sp³-hybridized carbons (Fsp3) is 0.409. The van der Waals surface area contributed by atoms with Gasteiger partial charge in [-0.2, -0.15) is 0 Å². The molecule has 1 saturated heterocycles. The number of piperidine rings is 1. The molecule has 0 aliphatic carbocycles. The Balaban J connectivity index is 1.48. The van der Waals surface area contributed by atoms with Gasteiger partial charge in [-0.1, -0.05) is 30.7 Å². The van der Waals surface area contributed by atoms with Gasteiger partial charge in [-0.05, 0) is 37.0 Å². The minimum absolute atomic E-state index is 0.0832. The van der Waals surface area contributed by atoms with Gasteiger partial charge in [0.05, 0.1) is 6.20 Å². The summed E-state index contributed by atoms with van der Waals surface area (Å²) in [6.07, 6.45) is 9.78. The number of rotatable bonds is 6. The van der Waals surface area contributed by atoms with Crippen molar-refractivity contribution in [2.45, 2.75) is 51.6 Å². The molecule has 0 spiro atoms. The van der Waals surface area contributed by atoms with E-state index in [0.29, 0.717) is 23.9 Å².